The summed E-state index contributed by atoms with van der Waals surface area (Å²) in [5.41, 5.74) is 6.95. The van der Waals surface area contributed by atoms with E-state index in [2.05, 4.69) is 85.8 Å². The molecule has 0 N–H and O–H groups in total. The Balaban J connectivity index is 2.04. The van der Waals surface area contributed by atoms with Crippen LogP contribution in [-0.4, -0.2) is 4.98 Å². The average Bonchev–Trinajstić information content (AvgIpc) is 2.62. The molecule has 0 aliphatic rings. The maximum Gasteiger partial charge on any atom is 0.0718 e. The highest BCUT2D eigenvalue weighted by molar-refractivity contribution is 5.96. The van der Waals surface area contributed by atoms with Crippen LogP contribution in [0.4, 0.5) is 0 Å². The van der Waals surface area contributed by atoms with Crippen molar-refractivity contribution in [3.8, 4) is 22.4 Å². The van der Waals surface area contributed by atoms with E-state index < -0.39 is 0 Å². The summed E-state index contributed by atoms with van der Waals surface area (Å²) in [5, 5.41) is 1.19. The number of hydrogen-bond acceptors (Lipinski definition) is 1. The van der Waals surface area contributed by atoms with Gasteiger partial charge in [0.2, 0.25) is 0 Å². The van der Waals surface area contributed by atoms with Crippen molar-refractivity contribution < 1.29 is 0 Å². The predicted molar refractivity (Wildman–Crippen MR) is 97.4 cm³/mol. The van der Waals surface area contributed by atoms with E-state index in [4.69, 9.17) is 4.98 Å². The number of fused-ring (bicyclic) bond motifs is 1. The van der Waals surface area contributed by atoms with E-state index in [1.807, 2.05) is 6.07 Å². The van der Waals surface area contributed by atoms with Crippen LogP contribution in [0.25, 0.3) is 33.3 Å². The number of hydrogen-bond donors (Lipinski definition) is 0. The van der Waals surface area contributed by atoms with Gasteiger partial charge in [-0.05, 0) is 35.7 Å². The molecule has 0 saturated carbocycles. The van der Waals surface area contributed by atoms with Gasteiger partial charge < -0.3 is 0 Å². The Kier molecular flexibility index (Phi) is 3.39. The van der Waals surface area contributed by atoms with E-state index in [0.717, 1.165) is 11.2 Å². The van der Waals surface area contributed by atoms with Crippen LogP contribution in [0.1, 0.15) is 5.56 Å². The molecular formula is C22H17N. The summed E-state index contributed by atoms with van der Waals surface area (Å²) in [6, 6.07) is 29.5. The molecule has 1 aromatic heterocycles. The molecule has 0 saturated heterocycles. The molecule has 0 fully saturated rings. The smallest absolute Gasteiger partial charge is 0.0718 e. The highest BCUT2D eigenvalue weighted by Crippen LogP contribution is 2.32. The molecular weight excluding hydrogens is 278 g/mol. The van der Waals surface area contributed by atoms with E-state index >= 15 is 0 Å². The monoisotopic (exact) mass is 295 g/mol. The third-order valence-corrected chi connectivity index (χ3v) is 4.22. The van der Waals surface area contributed by atoms with E-state index in [-0.39, 0.29) is 0 Å². The standard InChI is InChI=1S/C22H17N/c1-16-9-5-6-12-18(16)22-15-20(17-10-3-2-4-11-17)19-13-7-8-14-21(19)23-22/h2-15H,1H3. The predicted octanol–water partition coefficient (Wildman–Crippen LogP) is 5.88. The van der Waals surface area contributed by atoms with Crippen molar-refractivity contribution in [3.63, 3.8) is 0 Å². The van der Waals surface area contributed by atoms with E-state index in [9.17, 15) is 0 Å². The Morgan fingerprint density at radius 2 is 1.35 bits per heavy atom. The zero-order valence-electron chi connectivity index (χ0n) is 13.0. The van der Waals surface area contributed by atoms with Crippen LogP contribution in [0, 0.1) is 6.92 Å². The van der Waals surface area contributed by atoms with Crippen LogP contribution in [-0.2, 0) is 0 Å². The molecule has 1 heterocycles. The highest BCUT2D eigenvalue weighted by atomic mass is 14.7. The molecule has 0 unspecified atom stereocenters. The molecule has 23 heavy (non-hydrogen) atoms. The Bertz CT molecular complexity index is 971. The fourth-order valence-corrected chi connectivity index (χ4v) is 3.03. The van der Waals surface area contributed by atoms with Crippen LogP contribution in [0.2, 0.25) is 0 Å². The van der Waals surface area contributed by atoms with Gasteiger partial charge in [-0.1, -0.05) is 72.8 Å². The zero-order valence-corrected chi connectivity index (χ0v) is 13.0. The maximum absolute atomic E-state index is 4.89. The lowest BCUT2D eigenvalue weighted by Crippen LogP contribution is -1.91. The summed E-state index contributed by atoms with van der Waals surface area (Å²) in [4.78, 5) is 4.89. The molecule has 0 bridgehead atoms. The number of rotatable bonds is 2. The number of aromatic nitrogens is 1. The van der Waals surface area contributed by atoms with Gasteiger partial charge in [0.05, 0.1) is 11.2 Å². The van der Waals surface area contributed by atoms with Crippen molar-refractivity contribution in [2.45, 2.75) is 6.92 Å². The van der Waals surface area contributed by atoms with Gasteiger partial charge >= 0.3 is 0 Å². The largest absolute Gasteiger partial charge is 0.248 e. The minimum Gasteiger partial charge on any atom is -0.248 e. The molecule has 0 aliphatic heterocycles. The van der Waals surface area contributed by atoms with Crippen molar-refractivity contribution in [1.29, 1.82) is 0 Å². The Labute approximate surface area is 136 Å². The lowest BCUT2D eigenvalue weighted by molar-refractivity contribution is 1.36. The van der Waals surface area contributed by atoms with Crippen molar-refractivity contribution in [2.75, 3.05) is 0 Å². The Morgan fingerprint density at radius 1 is 0.652 bits per heavy atom. The van der Waals surface area contributed by atoms with Crippen LogP contribution in [0.5, 0.6) is 0 Å². The summed E-state index contributed by atoms with van der Waals surface area (Å²) < 4.78 is 0. The Morgan fingerprint density at radius 3 is 2.17 bits per heavy atom. The normalized spacial score (nSPS) is 10.8. The van der Waals surface area contributed by atoms with E-state index in [1.54, 1.807) is 0 Å². The molecule has 4 rings (SSSR count). The average molecular weight is 295 g/mol. The number of para-hydroxylation sites is 1. The molecule has 3 aromatic carbocycles. The molecule has 0 amide bonds. The fraction of sp³-hybridized carbons (Fsp3) is 0.0455. The zero-order chi connectivity index (χ0) is 15.6. The van der Waals surface area contributed by atoms with Gasteiger partial charge in [0.1, 0.15) is 0 Å². The van der Waals surface area contributed by atoms with Gasteiger partial charge in [0, 0.05) is 10.9 Å². The molecule has 0 radical (unpaired) electrons. The molecule has 0 spiro atoms. The lowest BCUT2D eigenvalue weighted by Gasteiger charge is -2.11. The summed E-state index contributed by atoms with van der Waals surface area (Å²) in [6.45, 7) is 2.13. The first-order valence-electron chi connectivity index (χ1n) is 7.84. The third kappa shape index (κ3) is 2.51. The van der Waals surface area contributed by atoms with Gasteiger partial charge in [0.15, 0.2) is 0 Å². The fourth-order valence-electron chi connectivity index (χ4n) is 3.03. The van der Waals surface area contributed by atoms with Crippen LogP contribution in [0.3, 0.4) is 0 Å². The second-order valence-corrected chi connectivity index (χ2v) is 5.75. The first-order chi connectivity index (χ1) is 11.3. The third-order valence-electron chi connectivity index (χ3n) is 4.22. The van der Waals surface area contributed by atoms with Gasteiger partial charge in [0.25, 0.3) is 0 Å². The second-order valence-electron chi connectivity index (χ2n) is 5.75. The van der Waals surface area contributed by atoms with Crippen LogP contribution >= 0.6 is 0 Å². The molecule has 4 aromatic rings. The topological polar surface area (TPSA) is 12.9 Å². The Hall–Kier alpha value is -2.93. The number of nitrogens with zero attached hydrogens (tertiary/aromatic N) is 1. The van der Waals surface area contributed by atoms with E-state index in [1.165, 1.54) is 27.6 Å². The van der Waals surface area contributed by atoms with E-state index in [0.29, 0.717) is 0 Å². The first kappa shape index (κ1) is 13.7. The number of aryl methyl sites for hydroxylation is 1. The first-order valence-corrected chi connectivity index (χ1v) is 7.84. The van der Waals surface area contributed by atoms with Crippen LogP contribution < -0.4 is 0 Å². The van der Waals surface area contributed by atoms with Gasteiger partial charge in [-0.15, -0.1) is 0 Å². The van der Waals surface area contributed by atoms with Crippen molar-refractivity contribution in [1.82, 2.24) is 4.98 Å². The molecule has 110 valence electrons. The highest BCUT2D eigenvalue weighted by Gasteiger charge is 2.10. The van der Waals surface area contributed by atoms with Crippen molar-refractivity contribution in [2.24, 2.45) is 0 Å². The summed E-state index contributed by atoms with van der Waals surface area (Å²) in [6.07, 6.45) is 0. The molecule has 0 atom stereocenters. The molecule has 0 aliphatic carbocycles. The van der Waals surface area contributed by atoms with Crippen molar-refractivity contribution >= 4 is 10.9 Å². The number of pyridine rings is 1. The molecule has 1 heteroatoms. The maximum atomic E-state index is 4.89. The minimum absolute atomic E-state index is 1.03. The van der Waals surface area contributed by atoms with Gasteiger partial charge in [-0.25, -0.2) is 4.98 Å². The summed E-state index contributed by atoms with van der Waals surface area (Å²) in [7, 11) is 0. The number of benzene rings is 3. The molecule has 1 nitrogen and oxygen atoms in total. The quantitative estimate of drug-likeness (QED) is 0.450. The van der Waals surface area contributed by atoms with Crippen LogP contribution in [0.15, 0.2) is 84.9 Å². The summed E-state index contributed by atoms with van der Waals surface area (Å²) >= 11 is 0. The van der Waals surface area contributed by atoms with Gasteiger partial charge in [-0.2, -0.15) is 0 Å². The van der Waals surface area contributed by atoms with Crippen molar-refractivity contribution in [3.05, 3.63) is 90.5 Å². The van der Waals surface area contributed by atoms with Gasteiger partial charge in [-0.3, -0.25) is 0 Å². The second kappa shape index (κ2) is 5.69. The summed E-state index contributed by atoms with van der Waals surface area (Å²) in [5.74, 6) is 0. The minimum atomic E-state index is 1.03. The lowest BCUT2D eigenvalue weighted by atomic mass is 9.97. The SMILES string of the molecule is Cc1ccccc1-c1cc(-c2ccccc2)c2ccccc2n1.